The smallest absolute Gasteiger partial charge is 0.228 e. The van der Waals surface area contributed by atoms with Gasteiger partial charge in [0.15, 0.2) is 5.82 Å². The summed E-state index contributed by atoms with van der Waals surface area (Å²) in [6, 6.07) is 2.03. The van der Waals surface area contributed by atoms with Crippen LogP contribution >= 0.6 is 0 Å². The highest BCUT2D eigenvalue weighted by molar-refractivity contribution is 5.27. The maximum atomic E-state index is 9.91. The second kappa shape index (κ2) is 4.57. The fourth-order valence-electron chi connectivity index (χ4n) is 2.60. The lowest BCUT2D eigenvalue weighted by molar-refractivity contribution is 0.155. The van der Waals surface area contributed by atoms with Crippen molar-refractivity contribution in [2.45, 2.75) is 45.3 Å². The van der Waals surface area contributed by atoms with E-state index in [1.165, 1.54) is 5.69 Å². The SMILES string of the molecule is Cc1noc(CCn2ccc3c2CCCC3O)n1. The summed E-state index contributed by atoms with van der Waals surface area (Å²) < 4.78 is 7.30. The summed E-state index contributed by atoms with van der Waals surface area (Å²) in [5.74, 6) is 1.35. The molecule has 1 aliphatic carbocycles. The van der Waals surface area contributed by atoms with Crippen molar-refractivity contribution >= 4 is 0 Å². The van der Waals surface area contributed by atoms with Gasteiger partial charge in [-0.05, 0) is 32.3 Å². The van der Waals surface area contributed by atoms with Crippen molar-refractivity contribution in [3.8, 4) is 0 Å². The highest BCUT2D eigenvalue weighted by Gasteiger charge is 2.21. The lowest BCUT2D eigenvalue weighted by atomic mass is 9.95. The molecule has 2 heterocycles. The summed E-state index contributed by atoms with van der Waals surface area (Å²) in [6.07, 6.45) is 5.46. The molecular formula is C13H17N3O2. The molecule has 0 amide bonds. The average molecular weight is 247 g/mol. The van der Waals surface area contributed by atoms with Gasteiger partial charge in [-0.15, -0.1) is 0 Å². The summed E-state index contributed by atoms with van der Waals surface area (Å²) in [6.45, 7) is 2.64. The molecule has 0 fully saturated rings. The lowest BCUT2D eigenvalue weighted by Gasteiger charge is -2.19. The van der Waals surface area contributed by atoms with Gasteiger partial charge in [-0.3, -0.25) is 0 Å². The number of aliphatic hydroxyl groups excluding tert-OH is 1. The quantitative estimate of drug-likeness (QED) is 0.898. The van der Waals surface area contributed by atoms with Crippen LogP contribution in [0.3, 0.4) is 0 Å². The molecule has 0 saturated carbocycles. The number of hydrogen-bond acceptors (Lipinski definition) is 4. The Hall–Kier alpha value is -1.62. The average Bonchev–Trinajstić information content (AvgIpc) is 2.94. The van der Waals surface area contributed by atoms with Gasteiger partial charge < -0.3 is 14.2 Å². The van der Waals surface area contributed by atoms with Crippen LogP contribution in [0.4, 0.5) is 0 Å². The third-order valence-electron chi connectivity index (χ3n) is 3.50. The molecule has 5 nitrogen and oxygen atoms in total. The van der Waals surface area contributed by atoms with Crippen LogP contribution < -0.4 is 0 Å². The monoisotopic (exact) mass is 247 g/mol. The predicted octanol–water partition coefficient (Wildman–Crippen LogP) is 1.79. The number of rotatable bonds is 3. The number of fused-ring (bicyclic) bond motifs is 1. The Morgan fingerprint density at radius 2 is 2.44 bits per heavy atom. The van der Waals surface area contributed by atoms with Crippen molar-refractivity contribution in [1.29, 1.82) is 0 Å². The molecule has 1 aliphatic rings. The van der Waals surface area contributed by atoms with Crippen LogP contribution in [0.5, 0.6) is 0 Å². The number of aryl methyl sites for hydroxylation is 3. The van der Waals surface area contributed by atoms with Crippen molar-refractivity contribution < 1.29 is 9.63 Å². The third kappa shape index (κ3) is 2.06. The minimum atomic E-state index is -0.291. The number of aromatic nitrogens is 3. The van der Waals surface area contributed by atoms with Crippen LogP contribution in [0.1, 0.15) is 41.9 Å². The van der Waals surface area contributed by atoms with E-state index in [2.05, 4.69) is 14.7 Å². The molecular weight excluding hydrogens is 230 g/mol. The molecule has 0 saturated heterocycles. The Morgan fingerprint density at radius 1 is 1.56 bits per heavy atom. The maximum absolute atomic E-state index is 9.91. The molecule has 1 N–H and O–H groups in total. The maximum Gasteiger partial charge on any atom is 0.228 e. The molecule has 5 heteroatoms. The minimum absolute atomic E-state index is 0.291. The summed E-state index contributed by atoms with van der Waals surface area (Å²) in [5.41, 5.74) is 2.34. The zero-order valence-electron chi connectivity index (χ0n) is 10.5. The first-order chi connectivity index (χ1) is 8.74. The highest BCUT2D eigenvalue weighted by atomic mass is 16.5. The van der Waals surface area contributed by atoms with Crippen molar-refractivity contribution in [1.82, 2.24) is 14.7 Å². The summed E-state index contributed by atoms with van der Waals surface area (Å²) >= 11 is 0. The largest absolute Gasteiger partial charge is 0.388 e. The number of nitrogens with zero attached hydrogens (tertiary/aromatic N) is 3. The summed E-state index contributed by atoms with van der Waals surface area (Å²) in [5, 5.41) is 13.7. The molecule has 3 rings (SSSR count). The molecule has 2 aromatic rings. The molecule has 0 aromatic carbocycles. The topological polar surface area (TPSA) is 64.1 Å². The van der Waals surface area contributed by atoms with Crippen molar-refractivity contribution in [3.63, 3.8) is 0 Å². The number of hydrogen-bond donors (Lipinski definition) is 1. The van der Waals surface area contributed by atoms with Gasteiger partial charge in [0.05, 0.1) is 6.10 Å². The zero-order chi connectivity index (χ0) is 12.5. The van der Waals surface area contributed by atoms with E-state index in [0.29, 0.717) is 11.7 Å². The van der Waals surface area contributed by atoms with E-state index in [-0.39, 0.29) is 6.10 Å². The Kier molecular flexibility index (Phi) is 2.91. The predicted molar refractivity (Wildman–Crippen MR) is 65.1 cm³/mol. The Balaban J connectivity index is 1.73. The molecule has 0 spiro atoms. The summed E-state index contributed by atoms with van der Waals surface area (Å²) in [4.78, 5) is 4.20. The van der Waals surface area contributed by atoms with E-state index in [1.54, 1.807) is 0 Å². The van der Waals surface area contributed by atoms with Gasteiger partial charge in [0.2, 0.25) is 5.89 Å². The van der Waals surface area contributed by atoms with E-state index >= 15 is 0 Å². The van der Waals surface area contributed by atoms with Crippen molar-refractivity contribution in [2.24, 2.45) is 0 Å². The molecule has 1 atom stereocenters. The molecule has 0 radical (unpaired) electrons. The summed E-state index contributed by atoms with van der Waals surface area (Å²) in [7, 11) is 0. The first-order valence-corrected chi connectivity index (χ1v) is 6.39. The van der Waals surface area contributed by atoms with E-state index in [0.717, 1.165) is 37.8 Å². The second-order valence-electron chi connectivity index (χ2n) is 4.80. The minimum Gasteiger partial charge on any atom is -0.388 e. The normalized spacial score (nSPS) is 18.9. The first-order valence-electron chi connectivity index (χ1n) is 6.39. The van der Waals surface area contributed by atoms with E-state index in [1.807, 2.05) is 19.2 Å². The standard InChI is InChI=1S/C13H17N3O2/c1-9-14-13(18-15-9)6-8-16-7-5-10-11(16)3-2-4-12(10)17/h5,7,12,17H,2-4,6,8H2,1H3. The lowest BCUT2D eigenvalue weighted by Crippen LogP contribution is -2.12. The van der Waals surface area contributed by atoms with E-state index in [9.17, 15) is 5.11 Å². The fraction of sp³-hybridized carbons (Fsp3) is 0.538. The highest BCUT2D eigenvalue weighted by Crippen LogP contribution is 2.30. The van der Waals surface area contributed by atoms with Crippen LogP contribution in [0, 0.1) is 6.92 Å². The molecule has 96 valence electrons. The third-order valence-corrected chi connectivity index (χ3v) is 3.50. The molecule has 0 bridgehead atoms. The van der Waals surface area contributed by atoms with Crippen LogP contribution in [-0.4, -0.2) is 19.8 Å². The van der Waals surface area contributed by atoms with E-state index < -0.39 is 0 Å². The molecule has 0 aliphatic heterocycles. The van der Waals surface area contributed by atoms with Gasteiger partial charge in [-0.25, -0.2) is 0 Å². The van der Waals surface area contributed by atoms with Crippen LogP contribution in [-0.2, 0) is 19.4 Å². The second-order valence-corrected chi connectivity index (χ2v) is 4.80. The van der Waals surface area contributed by atoms with Gasteiger partial charge in [0.25, 0.3) is 0 Å². The van der Waals surface area contributed by atoms with Gasteiger partial charge in [0, 0.05) is 30.4 Å². The Bertz CT molecular complexity index is 544. The Morgan fingerprint density at radius 3 is 3.22 bits per heavy atom. The Labute approximate surface area is 105 Å². The number of aliphatic hydroxyl groups is 1. The van der Waals surface area contributed by atoms with Crippen molar-refractivity contribution in [2.75, 3.05) is 0 Å². The van der Waals surface area contributed by atoms with Gasteiger partial charge >= 0.3 is 0 Å². The van der Waals surface area contributed by atoms with Crippen LogP contribution in [0.15, 0.2) is 16.8 Å². The van der Waals surface area contributed by atoms with Crippen molar-refractivity contribution in [3.05, 3.63) is 35.2 Å². The van der Waals surface area contributed by atoms with Crippen LogP contribution in [0.25, 0.3) is 0 Å². The van der Waals surface area contributed by atoms with E-state index in [4.69, 9.17) is 4.52 Å². The van der Waals surface area contributed by atoms with Gasteiger partial charge in [-0.2, -0.15) is 4.98 Å². The molecule has 1 unspecified atom stereocenters. The molecule has 18 heavy (non-hydrogen) atoms. The fourth-order valence-corrected chi connectivity index (χ4v) is 2.60. The molecule has 2 aromatic heterocycles. The first kappa shape index (κ1) is 11.5. The van der Waals surface area contributed by atoms with Gasteiger partial charge in [0.1, 0.15) is 0 Å². The zero-order valence-corrected chi connectivity index (χ0v) is 10.5. The van der Waals surface area contributed by atoms with Gasteiger partial charge in [-0.1, -0.05) is 5.16 Å². The van der Waals surface area contributed by atoms with Crippen LogP contribution in [0.2, 0.25) is 0 Å².